The highest BCUT2D eigenvalue weighted by Gasteiger charge is 2.07. The molecule has 0 aliphatic carbocycles. The molecule has 4 heteroatoms. The van der Waals surface area contributed by atoms with Crippen molar-refractivity contribution in [1.29, 1.82) is 0 Å². The fraction of sp³-hybridized carbons (Fsp3) is 0.286. The summed E-state index contributed by atoms with van der Waals surface area (Å²) in [6.07, 6.45) is 0.471. The SMILES string of the molecule is CC(O)c1cc(F)cnc1I. The van der Waals surface area contributed by atoms with Gasteiger partial charge in [-0.15, -0.1) is 0 Å². The minimum atomic E-state index is -0.662. The summed E-state index contributed by atoms with van der Waals surface area (Å²) in [6, 6.07) is 1.29. The second kappa shape index (κ2) is 3.44. The molecule has 0 spiro atoms. The van der Waals surface area contributed by atoms with Crippen molar-refractivity contribution in [3.05, 3.63) is 27.3 Å². The Bertz CT molecular complexity index is 265. The first kappa shape index (κ1) is 8.86. The molecule has 1 heterocycles. The Hall–Kier alpha value is -0.230. The number of halogens is 2. The third-order valence-electron chi connectivity index (χ3n) is 1.28. The van der Waals surface area contributed by atoms with Crippen LogP contribution >= 0.6 is 22.6 Å². The smallest absolute Gasteiger partial charge is 0.141 e. The van der Waals surface area contributed by atoms with Gasteiger partial charge in [0.05, 0.1) is 12.3 Å². The minimum Gasteiger partial charge on any atom is -0.389 e. The first-order valence-corrected chi connectivity index (χ1v) is 4.18. The third-order valence-corrected chi connectivity index (χ3v) is 2.18. The van der Waals surface area contributed by atoms with Gasteiger partial charge >= 0.3 is 0 Å². The van der Waals surface area contributed by atoms with Gasteiger partial charge in [-0.25, -0.2) is 9.37 Å². The summed E-state index contributed by atoms with van der Waals surface area (Å²) >= 11 is 1.95. The molecule has 0 saturated heterocycles. The van der Waals surface area contributed by atoms with E-state index in [4.69, 9.17) is 5.11 Å². The molecule has 0 radical (unpaired) electrons. The van der Waals surface area contributed by atoms with Crippen molar-refractivity contribution >= 4 is 22.6 Å². The van der Waals surface area contributed by atoms with Gasteiger partial charge in [0, 0.05) is 5.56 Å². The van der Waals surface area contributed by atoms with Gasteiger partial charge in [-0.1, -0.05) is 0 Å². The molecule has 0 aliphatic rings. The number of aliphatic hydroxyl groups excluding tert-OH is 1. The van der Waals surface area contributed by atoms with Crippen LogP contribution in [-0.4, -0.2) is 10.1 Å². The summed E-state index contributed by atoms with van der Waals surface area (Å²) in [7, 11) is 0. The summed E-state index contributed by atoms with van der Waals surface area (Å²) in [5.74, 6) is -0.415. The number of nitrogens with zero attached hydrogens (tertiary/aromatic N) is 1. The van der Waals surface area contributed by atoms with Crippen LogP contribution in [0.4, 0.5) is 4.39 Å². The molecular formula is C7H7FINO. The zero-order valence-corrected chi connectivity index (χ0v) is 8.04. The second-order valence-corrected chi connectivity index (χ2v) is 3.23. The lowest BCUT2D eigenvalue weighted by Crippen LogP contribution is -1.98. The molecule has 0 bridgehead atoms. The average Bonchev–Trinajstić information content (AvgIpc) is 1.94. The molecular weight excluding hydrogens is 260 g/mol. The van der Waals surface area contributed by atoms with E-state index in [-0.39, 0.29) is 0 Å². The number of aromatic nitrogens is 1. The lowest BCUT2D eigenvalue weighted by molar-refractivity contribution is 0.197. The van der Waals surface area contributed by atoms with E-state index in [0.29, 0.717) is 9.26 Å². The Morgan fingerprint density at radius 1 is 1.73 bits per heavy atom. The van der Waals surface area contributed by atoms with E-state index >= 15 is 0 Å². The van der Waals surface area contributed by atoms with E-state index < -0.39 is 11.9 Å². The van der Waals surface area contributed by atoms with Crippen LogP contribution in [0.25, 0.3) is 0 Å². The Kier molecular flexibility index (Phi) is 2.78. The topological polar surface area (TPSA) is 33.1 Å². The predicted octanol–water partition coefficient (Wildman–Crippen LogP) is 1.88. The normalized spacial score (nSPS) is 13.1. The maximum Gasteiger partial charge on any atom is 0.141 e. The monoisotopic (exact) mass is 267 g/mol. The highest BCUT2D eigenvalue weighted by Crippen LogP contribution is 2.17. The van der Waals surface area contributed by atoms with Crippen molar-refractivity contribution in [2.24, 2.45) is 0 Å². The zero-order chi connectivity index (χ0) is 8.43. The van der Waals surface area contributed by atoms with Crippen LogP contribution in [0, 0.1) is 9.52 Å². The molecule has 1 rings (SSSR count). The van der Waals surface area contributed by atoms with E-state index in [1.165, 1.54) is 6.07 Å². The quantitative estimate of drug-likeness (QED) is 0.622. The van der Waals surface area contributed by atoms with Crippen molar-refractivity contribution in [1.82, 2.24) is 4.98 Å². The molecule has 1 atom stereocenters. The van der Waals surface area contributed by atoms with Crippen LogP contribution in [0.3, 0.4) is 0 Å². The number of rotatable bonds is 1. The average molecular weight is 267 g/mol. The summed E-state index contributed by atoms with van der Waals surface area (Å²) in [5, 5.41) is 9.12. The molecule has 0 fully saturated rings. The molecule has 60 valence electrons. The van der Waals surface area contributed by atoms with Crippen molar-refractivity contribution in [2.45, 2.75) is 13.0 Å². The lowest BCUT2D eigenvalue weighted by Gasteiger charge is -2.05. The molecule has 11 heavy (non-hydrogen) atoms. The molecule has 1 aromatic heterocycles. The van der Waals surface area contributed by atoms with E-state index in [2.05, 4.69) is 4.98 Å². The van der Waals surface area contributed by atoms with Gasteiger partial charge in [-0.3, -0.25) is 0 Å². The van der Waals surface area contributed by atoms with Gasteiger partial charge in [0.2, 0.25) is 0 Å². The first-order valence-electron chi connectivity index (χ1n) is 3.10. The van der Waals surface area contributed by atoms with Crippen molar-refractivity contribution in [3.63, 3.8) is 0 Å². The fourth-order valence-corrected chi connectivity index (χ4v) is 1.48. The second-order valence-electron chi connectivity index (χ2n) is 2.21. The molecule has 1 N–H and O–H groups in total. The van der Waals surface area contributed by atoms with Crippen LogP contribution < -0.4 is 0 Å². The molecule has 0 aromatic carbocycles. The van der Waals surface area contributed by atoms with Crippen molar-refractivity contribution in [2.75, 3.05) is 0 Å². The van der Waals surface area contributed by atoms with Gasteiger partial charge < -0.3 is 5.11 Å². The van der Waals surface area contributed by atoms with Crippen LogP contribution in [-0.2, 0) is 0 Å². The van der Waals surface area contributed by atoms with Crippen LogP contribution in [0.2, 0.25) is 0 Å². The zero-order valence-electron chi connectivity index (χ0n) is 5.88. The predicted molar refractivity (Wildman–Crippen MR) is 47.5 cm³/mol. The van der Waals surface area contributed by atoms with Gasteiger partial charge in [-0.2, -0.15) is 0 Å². The maximum absolute atomic E-state index is 12.5. The van der Waals surface area contributed by atoms with Crippen molar-refractivity contribution in [3.8, 4) is 0 Å². The highest BCUT2D eigenvalue weighted by molar-refractivity contribution is 14.1. The van der Waals surface area contributed by atoms with E-state index in [1.807, 2.05) is 22.6 Å². The fourth-order valence-electron chi connectivity index (χ4n) is 0.731. The lowest BCUT2D eigenvalue weighted by atomic mass is 10.2. The summed E-state index contributed by atoms with van der Waals surface area (Å²) in [4.78, 5) is 3.75. The largest absolute Gasteiger partial charge is 0.389 e. The Morgan fingerprint density at radius 2 is 2.36 bits per heavy atom. The van der Waals surface area contributed by atoms with Crippen LogP contribution in [0.5, 0.6) is 0 Å². The number of pyridine rings is 1. The van der Waals surface area contributed by atoms with E-state index in [9.17, 15) is 4.39 Å². The van der Waals surface area contributed by atoms with Gasteiger partial charge in [0.15, 0.2) is 0 Å². The standard InChI is InChI=1S/C7H7FINO/c1-4(11)6-2-5(8)3-10-7(6)9/h2-4,11H,1H3. The molecule has 0 saturated carbocycles. The van der Waals surface area contributed by atoms with Crippen LogP contribution in [0.1, 0.15) is 18.6 Å². The van der Waals surface area contributed by atoms with E-state index in [1.54, 1.807) is 6.92 Å². The van der Waals surface area contributed by atoms with Crippen molar-refractivity contribution < 1.29 is 9.50 Å². The molecule has 2 nitrogen and oxygen atoms in total. The Morgan fingerprint density at radius 3 is 2.82 bits per heavy atom. The Labute approximate surface area is 77.6 Å². The Balaban J connectivity index is 3.13. The van der Waals surface area contributed by atoms with Gasteiger partial charge in [-0.05, 0) is 35.6 Å². The molecule has 0 amide bonds. The minimum absolute atomic E-state index is 0.415. The first-order chi connectivity index (χ1) is 5.11. The number of aliphatic hydroxyl groups is 1. The molecule has 1 unspecified atom stereocenters. The van der Waals surface area contributed by atoms with E-state index in [0.717, 1.165) is 6.20 Å². The molecule has 1 aromatic rings. The summed E-state index contributed by atoms with van der Waals surface area (Å²) < 4.78 is 13.2. The maximum atomic E-state index is 12.5. The molecule has 0 aliphatic heterocycles. The van der Waals surface area contributed by atoms with Gasteiger partial charge in [0.1, 0.15) is 9.52 Å². The van der Waals surface area contributed by atoms with Gasteiger partial charge in [0.25, 0.3) is 0 Å². The summed E-state index contributed by atoms with van der Waals surface area (Å²) in [5.41, 5.74) is 0.533. The highest BCUT2D eigenvalue weighted by atomic mass is 127. The number of hydrogen-bond donors (Lipinski definition) is 1. The number of hydrogen-bond acceptors (Lipinski definition) is 2. The summed E-state index contributed by atoms with van der Waals surface area (Å²) in [6.45, 7) is 1.58. The van der Waals surface area contributed by atoms with Crippen LogP contribution in [0.15, 0.2) is 12.3 Å². The third kappa shape index (κ3) is 2.10.